The largest absolute Gasteiger partial charge is 0.495 e. The molecule has 0 N–H and O–H groups in total. The molecule has 152 valence electrons. The van der Waals surface area contributed by atoms with Crippen molar-refractivity contribution in [2.45, 2.75) is 19.4 Å². The predicted molar refractivity (Wildman–Crippen MR) is 106 cm³/mol. The Kier molecular flexibility index (Phi) is 6.03. The number of methoxy groups -OCH3 is 1. The van der Waals surface area contributed by atoms with Crippen LogP contribution in [0.1, 0.15) is 25.0 Å². The molecule has 1 fully saturated rings. The highest BCUT2D eigenvalue weighted by Crippen LogP contribution is 2.36. The third kappa shape index (κ3) is 4.48. The SMILES string of the molecule is COc1ccc(Cl)cc1N1C[C@H](C(=O)O[C@@H](C)c2cccc([N+](=O)[O-])c2)CC1=O. The number of nitrogens with zero attached hydrogens (tertiary/aromatic N) is 2. The lowest BCUT2D eigenvalue weighted by atomic mass is 10.1. The summed E-state index contributed by atoms with van der Waals surface area (Å²) in [6.07, 6.45) is -0.692. The minimum Gasteiger partial charge on any atom is -0.495 e. The Balaban J connectivity index is 1.71. The Bertz CT molecular complexity index is 964. The third-order valence-electron chi connectivity index (χ3n) is 4.73. The summed E-state index contributed by atoms with van der Waals surface area (Å²) < 4.78 is 10.8. The number of carbonyl (C=O) groups excluding carboxylic acids is 2. The van der Waals surface area contributed by atoms with Gasteiger partial charge in [0.1, 0.15) is 11.9 Å². The zero-order chi connectivity index (χ0) is 21.1. The lowest BCUT2D eigenvalue weighted by molar-refractivity contribution is -0.385. The molecule has 1 heterocycles. The molecule has 3 rings (SSSR count). The van der Waals surface area contributed by atoms with E-state index in [2.05, 4.69) is 0 Å². The summed E-state index contributed by atoms with van der Waals surface area (Å²) >= 11 is 6.04. The fourth-order valence-electron chi connectivity index (χ4n) is 3.20. The van der Waals surface area contributed by atoms with E-state index in [1.807, 2.05) is 0 Å². The fourth-order valence-corrected chi connectivity index (χ4v) is 3.37. The molecular weight excluding hydrogens is 400 g/mol. The predicted octanol–water partition coefficient (Wildman–Crippen LogP) is 3.91. The van der Waals surface area contributed by atoms with E-state index in [4.69, 9.17) is 21.1 Å². The van der Waals surface area contributed by atoms with Crippen LogP contribution < -0.4 is 9.64 Å². The quantitative estimate of drug-likeness (QED) is 0.400. The van der Waals surface area contributed by atoms with Gasteiger partial charge in [-0.3, -0.25) is 19.7 Å². The highest BCUT2D eigenvalue weighted by molar-refractivity contribution is 6.31. The number of ether oxygens (including phenoxy) is 2. The monoisotopic (exact) mass is 418 g/mol. The molecule has 0 aromatic heterocycles. The maximum absolute atomic E-state index is 12.6. The van der Waals surface area contributed by atoms with Crippen molar-refractivity contribution in [1.82, 2.24) is 0 Å². The number of nitro benzene ring substituents is 1. The molecule has 2 aromatic rings. The molecule has 1 saturated heterocycles. The maximum atomic E-state index is 12.6. The van der Waals surface area contributed by atoms with Crippen molar-refractivity contribution in [2.24, 2.45) is 5.92 Å². The first-order valence-electron chi connectivity index (χ1n) is 8.89. The van der Waals surface area contributed by atoms with Crippen molar-refractivity contribution < 1.29 is 24.0 Å². The van der Waals surface area contributed by atoms with Gasteiger partial charge in [-0.15, -0.1) is 0 Å². The first-order chi connectivity index (χ1) is 13.8. The van der Waals surface area contributed by atoms with Crippen LogP contribution in [0.15, 0.2) is 42.5 Å². The second kappa shape index (κ2) is 8.48. The van der Waals surface area contributed by atoms with Gasteiger partial charge in [0, 0.05) is 30.1 Å². The maximum Gasteiger partial charge on any atom is 0.311 e. The lowest BCUT2D eigenvalue weighted by Crippen LogP contribution is -2.27. The molecular formula is C20H19ClN2O6. The van der Waals surface area contributed by atoms with E-state index in [0.717, 1.165) is 0 Å². The number of rotatable bonds is 6. The van der Waals surface area contributed by atoms with E-state index < -0.39 is 22.9 Å². The Morgan fingerprint density at radius 2 is 2.07 bits per heavy atom. The highest BCUT2D eigenvalue weighted by atomic mass is 35.5. The lowest BCUT2D eigenvalue weighted by Gasteiger charge is -2.20. The molecule has 2 atom stereocenters. The second-order valence-electron chi connectivity index (χ2n) is 6.65. The number of nitro groups is 1. The average Bonchev–Trinajstić information content (AvgIpc) is 3.09. The van der Waals surface area contributed by atoms with Gasteiger partial charge in [0.15, 0.2) is 0 Å². The Morgan fingerprint density at radius 3 is 2.76 bits per heavy atom. The van der Waals surface area contributed by atoms with Crippen LogP contribution in [-0.4, -0.2) is 30.5 Å². The normalized spacial score (nSPS) is 17.1. The second-order valence-corrected chi connectivity index (χ2v) is 7.09. The van der Waals surface area contributed by atoms with Crippen molar-refractivity contribution in [3.63, 3.8) is 0 Å². The summed E-state index contributed by atoms with van der Waals surface area (Å²) in [5.41, 5.74) is 0.915. The van der Waals surface area contributed by atoms with Gasteiger partial charge in [-0.1, -0.05) is 23.7 Å². The van der Waals surface area contributed by atoms with E-state index in [1.165, 1.54) is 30.2 Å². The summed E-state index contributed by atoms with van der Waals surface area (Å²) in [6, 6.07) is 10.8. The Morgan fingerprint density at radius 1 is 1.31 bits per heavy atom. The molecule has 1 aliphatic rings. The van der Waals surface area contributed by atoms with Gasteiger partial charge in [0.05, 0.1) is 23.6 Å². The summed E-state index contributed by atoms with van der Waals surface area (Å²) in [6.45, 7) is 1.77. The number of esters is 1. The molecule has 0 spiro atoms. The summed E-state index contributed by atoms with van der Waals surface area (Å²) in [5.74, 6) is -0.967. The van der Waals surface area contributed by atoms with Crippen molar-refractivity contribution in [3.8, 4) is 5.75 Å². The number of carbonyl (C=O) groups is 2. The minimum atomic E-state index is -0.688. The van der Waals surface area contributed by atoms with Crippen LogP contribution >= 0.6 is 11.6 Å². The van der Waals surface area contributed by atoms with E-state index in [1.54, 1.807) is 31.2 Å². The molecule has 8 nitrogen and oxygen atoms in total. The van der Waals surface area contributed by atoms with Gasteiger partial charge in [-0.2, -0.15) is 0 Å². The number of non-ortho nitro benzene ring substituents is 1. The van der Waals surface area contributed by atoms with Crippen LogP contribution in [0.2, 0.25) is 5.02 Å². The van der Waals surface area contributed by atoms with Crippen molar-refractivity contribution in [2.75, 3.05) is 18.6 Å². The molecule has 0 unspecified atom stereocenters. The average molecular weight is 419 g/mol. The van der Waals surface area contributed by atoms with Crippen LogP contribution in [0.25, 0.3) is 0 Å². The molecule has 0 saturated carbocycles. The number of hydrogen-bond acceptors (Lipinski definition) is 6. The van der Waals surface area contributed by atoms with Gasteiger partial charge >= 0.3 is 5.97 Å². The molecule has 2 aromatic carbocycles. The van der Waals surface area contributed by atoms with Crippen LogP contribution in [0, 0.1) is 16.0 Å². The zero-order valence-corrected chi connectivity index (χ0v) is 16.6. The highest BCUT2D eigenvalue weighted by Gasteiger charge is 2.38. The first kappa shape index (κ1) is 20.6. The molecule has 0 bridgehead atoms. The number of hydrogen-bond donors (Lipinski definition) is 0. The van der Waals surface area contributed by atoms with Crippen LogP contribution in [0.5, 0.6) is 5.75 Å². The molecule has 1 amide bonds. The molecule has 1 aliphatic heterocycles. The van der Waals surface area contributed by atoms with E-state index in [0.29, 0.717) is 22.0 Å². The van der Waals surface area contributed by atoms with Gasteiger partial charge in [-0.25, -0.2) is 0 Å². The fraction of sp³-hybridized carbons (Fsp3) is 0.300. The topological polar surface area (TPSA) is 99.0 Å². The molecule has 9 heteroatoms. The van der Waals surface area contributed by atoms with Crippen LogP contribution in [0.4, 0.5) is 11.4 Å². The van der Waals surface area contributed by atoms with E-state index >= 15 is 0 Å². The number of anilines is 1. The smallest absolute Gasteiger partial charge is 0.311 e. The van der Waals surface area contributed by atoms with Crippen molar-refractivity contribution in [3.05, 3.63) is 63.2 Å². The van der Waals surface area contributed by atoms with Crippen molar-refractivity contribution >= 4 is 34.9 Å². The van der Waals surface area contributed by atoms with E-state index in [9.17, 15) is 19.7 Å². The summed E-state index contributed by atoms with van der Waals surface area (Å²) in [5, 5.41) is 11.4. The Labute approximate surface area is 172 Å². The number of benzene rings is 2. The summed E-state index contributed by atoms with van der Waals surface area (Å²) in [4.78, 5) is 37.0. The van der Waals surface area contributed by atoms with E-state index in [-0.39, 0.29) is 24.6 Å². The van der Waals surface area contributed by atoms with Crippen LogP contribution in [0.3, 0.4) is 0 Å². The number of amides is 1. The standard InChI is InChI=1S/C20H19ClN2O6/c1-12(13-4-3-5-16(8-13)23(26)27)29-20(25)14-9-19(24)22(11-14)17-10-15(21)6-7-18(17)28-2/h3-8,10,12,14H,9,11H2,1-2H3/t12-,14+/m0/s1. The molecule has 0 aliphatic carbocycles. The minimum absolute atomic E-state index is 0.00381. The Hall–Kier alpha value is -3.13. The van der Waals surface area contributed by atoms with Gasteiger partial charge < -0.3 is 14.4 Å². The van der Waals surface area contributed by atoms with Crippen LogP contribution in [-0.2, 0) is 14.3 Å². The van der Waals surface area contributed by atoms with Gasteiger partial charge in [0.2, 0.25) is 5.91 Å². The van der Waals surface area contributed by atoms with Gasteiger partial charge in [-0.05, 0) is 30.7 Å². The first-order valence-corrected chi connectivity index (χ1v) is 9.26. The van der Waals surface area contributed by atoms with Crippen molar-refractivity contribution in [1.29, 1.82) is 0 Å². The zero-order valence-electron chi connectivity index (χ0n) is 15.8. The number of halogens is 1. The van der Waals surface area contributed by atoms with Gasteiger partial charge in [0.25, 0.3) is 5.69 Å². The molecule has 29 heavy (non-hydrogen) atoms. The summed E-state index contributed by atoms with van der Waals surface area (Å²) in [7, 11) is 1.49. The molecule has 0 radical (unpaired) electrons. The third-order valence-corrected chi connectivity index (χ3v) is 4.97.